The van der Waals surface area contributed by atoms with Crippen LogP contribution in [0.1, 0.15) is 0 Å². The van der Waals surface area contributed by atoms with Gasteiger partial charge >= 0.3 is 8.80 Å². The summed E-state index contributed by atoms with van der Waals surface area (Å²) in [7, 11) is -4.64. The summed E-state index contributed by atoms with van der Waals surface area (Å²) in [6.45, 7) is 0. The smallest absolute Gasteiger partial charge is 0.390 e. The van der Waals surface area contributed by atoms with Crippen LogP contribution in [0.3, 0.4) is 0 Å². The zero-order valence-corrected chi connectivity index (χ0v) is 5.84. The predicted octanol–water partition coefficient (Wildman–Crippen LogP) is -0.495. The number of hydrogen-bond donors (Lipinski definition) is 3. The van der Waals surface area contributed by atoms with Crippen molar-refractivity contribution in [1.82, 2.24) is 0 Å². The van der Waals surface area contributed by atoms with Gasteiger partial charge in [0.05, 0.1) is 6.04 Å². The van der Waals surface area contributed by atoms with Gasteiger partial charge in [0.25, 0.3) is 6.43 Å². The molecule has 0 aliphatic carbocycles. The molecule has 0 radical (unpaired) electrons. The maximum Gasteiger partial charge on any atom is 0.495 e. The van der Waals surface area contributed by atoms with Crippen LogP contribution in [0.2, 0.25) is 6.04 Å². The van der Waals surface area contributed by atoms with Gasteiger partial charge < -0.3 is 14.4 Å². The first-order valence-electron chi connectivity index (χ1n) is 2.42. The molecule has 0 aromatic rings. The predicted molar refractivity (Wildman–Crippen MR) is 28.1 cm³/mol. The van der Waals surface area contributed by atoms with E-state index in [0.717, 1.165) is 0 Å². The lowest BCUT2D eigenvalue weighted by Crippen LogP contribution is -2.39. The lowest BCUT2D eigenvalue weighted by molar-refractivity contribution is 0.0499. The summed E-state index contributed by atoms with van der Waals surface area (Å²) >= 11 is 0. The molecule has 0 rings (SSSR count). The van der Waals surface area contributed by atoms with E-state index in [9.17, 15) is 13.2 Å². The average Bonchev–Trinajstić information content (AvgIpc) is 1.60. The molecule has 0 spiro atoms. The van der Waals surface area contributed by atoms with E-state index < -0.39 is 27.4 Å². The number of rotatable bonds is 3. The molecule has 3 nitrogen and oxygen atoms in total. The Kier molecular flexibility index (Phi) is 3.29. The number of alkyl halides is 3. The molecule has 0 saturated heterocycles. The van der Waals surface area contributed by atoms with Crippen molar-refractivity contribution in [3.05, 3.63) is 0 Å². The summed E-state index contributed by atoms with van der Waals surface area (Å²) in [5, 5.41) is 0. The highest BCUT2D eigenvalue weighted by Gasteiger charge is 2.35. The second-order valence-electron chi connectivity index (χ2n) is 1.83. The van der Waals surface area contributed by atoms with Crippen LogP contribution in [0.5, 0.6) is 0 Å². The first-order chi connectivity index (χ1) is 4.33. The molecular formula is C3H7F3O3Si. The highest BCUT2D eigenvalue weighted by Crippen LogP contribution is 2.13. The molecule has 1 atom stereocenters. The first kappa shape index (κ1) is 9.89. The maximum atomic E-state index is 11.8. The van der Waals surface area contributed by atoms with E-state index in [-0.39, 0.29) is 0 Å². The number of hydrogen-bond acceptors (Lipinski definition) is 3. The van der Waals surface area contributed by atoms with Crippen molar-refractivity contribution in [1.29, 1.82) is 0 Å². The molecule has 0 aliphatic rings. The molecule has 0 heterocycles. The topological polar surface area (TPSA) is 60.7 Å². The van der Waals surface area contributed by atoms with Crippen molar-refractivity contribution in [2.45, 2.75) is 18.6 Å². The van der Waals surface area contributed by atoms with Gasteiger partial charge in [0.1, 0.15) is 0 Å². The van der Waals surface area contributed by atoms with Gasteiger partial charge in [-0.15, -0.1) is 0 Å². The minimum Gasteiger partial charge on any atom is -0.390 e. The molecule has 62 valence electrons. The largest absolute Gasteiger partial charge is 0.495 e. The van der Waals surface area contributed by atoms with Crippen LogP contribution in [0.15, 0.2) is 0 Å². The lowest BCUT2D eigenvalue weighted by Gasteiger charge is -2.11. The second kappa shape index (κ2) is 3.33. The van der Waals surface area contributed by atoms with Gasteiger partial charge in [-0.1, -0.05) is 0 Å². The summed E-state index contributed by atoms with van der Waals surface area (Å²) in [4.78, 5) is 24.3. The average molecular weight is 176 g/mol. The molecule has 1 unspecified atom stereocenters. The Hall–Kier alpha value is -0.113. The third-order valence-corrected chi connectivity index (χ3v) is 1.68. The van der Waals surface area contributed by atoms with Gasteiger partial charge in [0.2, 0.25) is 0 Å². The Morgan fingerprint density at radius 2 is 1.50 bits per heavy atom. The molecule has 3 N–H and O–H groups in total. The zero-order chi connectivity index (χ0) is 8.36. The molecule has 0 saturated carbocycles. The van der Waals surface area contributed by atoms with Crippen LogP contribution in [-0.4, -0.2) is 35.8 Å². The first-order valence-corrected chi connectivity index (χ1v) is 4.47. The van der Waals surface area contributed by atoms with Crippen molar-refractivity contribution in [3.63, 3.8) is 0 Å². The van der Waals surface area contributed by atoms with Gasteiger partial charge in [0, 0.05) is 0 Å². The van der Waals surface area contributed by atoms with Crippen LogP contribution >= 0.6 is 0 Å². The van der Waals surface area contributed by atoms with E-state index in [0.29, 0.717) is 0 Å². The van der Waals surface area contributed by atoms with E-state index in [1.807, 2.05) is 0 Å². The summed E-state index contributed by atoms with van der Waals surface area (Å²) in [5.74, 6) is 0. The van der Waals surface area contributed by atoms with Crippen LogP contribution in [0.4, 0.5) is 13.2 Å². The lowest BCUT2D eigenvalue weighted by atomic mass is 10.5. The molecular weight excluding hydrogens is 169 g/mol. The summed E-state index contributed by atoms with van der Waals surface area (Å²) in [6.07, 6.45) is -5.94. The van der Waals surface area contributed by atoms with Crippen molar-refractivity contribution >= 4 is 8.80 Å². The molecule has 0 bridgehead atoms. The zero-order valence-electron chi connectivity index (χ0n) is 4.84. The van der Waals surface area contributed by atoms with E-state index in [4.69, 9.17) is 14.4 Å². The van der Waals surface area contributed by atoms with Crippen LogP contribution in [-0.2, 0) is 0 Å². The number of halogens is 3. The Morgan fingerprint density at radius 1 is 1.10 bits per heavy atom. The van der Waals surface area contributed by atoms with E-state index in [1.54, 1.807) is 0 Å². The molecule has 7 heteroatoms. The highest BCUT2D eigenvalue weighted by atomic mass is 28.4. The minimum absolute atomic E-state index is 1.27. The van der Waals surface area contributed by atoms with Crippen LogP contribution in [0.25, 0.3) is 0 Å². The monoisotopic (exact) mass is 176 g/mol. The van der Waals surface area contributed by atoms with Gasteiger partial charge in [-0.2, -0.15) is 0 Å². The highest BCUT2D eigenvalue weighted by molar-refractivity contribution is 6.56. The Labute approximate surface area is 56.1 Å². The fraction of sp³-hybridized carbons (Fsp3) is 1.00. The van der Waals surface area contributed by atoms with Crippen LogP contribution < -0.4 is 0 Å². The van der Waals surface area contributed by atoms with E-state index in [1.165, 1.54) is 0 Å². The standard InChI is InChI=1S/C3H7F3O3Si/c4-2(3(5)6)1-10(7,8)9/h2-3,7-9H,1H2. The van der Waals surface area contributed by atoms with Crippen molar-refractivity contribution < 1.29 is 27.6 Å². The van der Waals surface area contributed by atoms with Crippen molar-refractivity contribution in [2.75, 3.05) is 0 Å². The Balaban J connectivity index is 3.68. The molecule has 0 aliphatic heterocycles. The SMILES string of the molecule is O[Si](O)(O)CC(F)C(F)F. The van der Waals surface area contributed by atoms with Crippen LogP contribution in [0, 0.1) is 0 Å². The quantitative estimate of drug-likeness (QED) is 0.508. The Morgan fingerprint density at radius 3 is 1.60 bits per heavy atom. The Bertz CT molecular complexity index is 104. The minimum atomic E-state index is -4.64. The normalized spacial score (nSPS) is 15.9. The fourth-order valence-electron chi connectivity index (χ4n) is 0.351. The third-order valence-electron chi connectivity index (χ3n) is 0.742. The van der Waals surface area contributed by atoms with E-state index >= 15 is 0 Å². The van der Waals surface area contributed by atoms with Gasteiger partial charge in [-0.25, -0.2) is 13.2 Å². The van der Waals surface area contributed by atoms with Crippen molar-refractivity contribution in [3.8, 4) is 0 Å². The molecule has 0 aromatic heterocycles. The molecule has 0 fully saturated rings. The van der Waals surface area contributed by atoms with Gasteiger partial charge in [0.15, 0.2) is 6.17 Å². The fourth-order valence-corrected chi connectivity index (χ4v) is 1.05. The van der Waals surface area contributed by atoms with Crippen molar-refractivity contribution in [2.24, 2.45) is 0 Å². The second-order valence-corrected chi connectivity index (χ2v) is 3.79. The summed E-state index contributed by atoms with van der Waals surface area (Å²) < 4.78 is 34.4. The van der Waals surface area contributed by atoms with Gasteiger partial charge in [-0.3, -0.25) is 0 Å². The summed E-state index contributed by atoms with van der Waals surface area (Å²) in [5.41, 5.74) is 0. The molecule has 0 amide bonds. The molecule has 10 heavy (non-hydrogen) atoms. The van der Waals surface area contributed by atoms with Gasteiger partial charge in [-0.05, 0) is 0 Å². The third kappa shape index (κ3) is 4.74. The van der Waals surface area contributed by atoms with E-state index in [2.05, 4.69) is 0 Å². The molecule has 0 aromatic carbocycles. The maximum absolute atomic E-state index is 11.8. The summed E-state index contributed by atoms with van der Waals surface area (Å²) in [6, 6.07) is -1.27.